The van der Waals surface area contributed by atoms with Gasteiger partial charge in [-0.2, -0.15) is 17.5 Å². The SMILES string of the molecule is CCOc1ccc(S(=O)(=O)N(CCCN2CCCC2=O)CCC(=O)N2CCNCC2)cc1.O=C(O)C(F)(F)F. The van der Waals surface area contributed by atoms with E-state index in [2.05, 4.69) is 5.32 Å². The number of carbonyl (C=O) groups excluding carboxylic acids is 2. The third-order valence-corrected chi connectivity index (χ3v) is 7.98. The van der Waals surface area contributed by atoms with Gasteiger partial charge in [-0.3, -0.25) is 9.59 Å². The number of ether oxygens (including phenoxy) is 1. The molecule has 2 fully saturated rings. The molecule has 0 saturated carbocycles. The first-order chi connectivity index (χ1) is 18.4. The lowest BCUT2D eigenvalue weighted by molar-refractivity contribution is -0.192. The first kappa shape index (κ1) is 32.3. The molecule has 2 saturated heterocycles. The van der Waals surface area contributed by atoms with Crippen molar-refractivity contribution in [2.75, 3.05) is 59.0 Å². The average molecular weight is 581 g/mol. The van der Waals surface area contributed by atoms with Gasteiger partial charge in [0.2, 0.25) is 21.8 Å². The molecule has 11 nitrogen and oxygen atoms in total. The number of sulfonamides is 1. The van der Waals surface area contributed by atoms with Crippen LogP contribution >= 0.6 is 0 Å². The lowest BCUT2D eigenvalue weighted by atomic mass is 10.3. The number of aliphatic carboxylic acids is 1. The zero-order valence-electron chi connectivity index (χ0n) is 21.8. The number of likely N-dealkylation sites (tertiary alicyclic amines) is 1. The maximum atomic E-state index is 13.4. The van der Waals surface area contributed by atoms with Gasteiger partial charge < -0.3 is 25.0 Å². The Morgan fingerprint density at radius 2 is 1.72 bits per heavy atom. The zero-order valence-corrected chi connectivity index (χ0v) is 22.6. The second-order valence-corrected chi connectivity index (χ2v) is 10.8. The van der Waals surface area contributed by atoms with Gasteiger partial charge in [0.05, 0.1) is 11.5 Å². The lowest BCUT2D eigenvalue weighted by Gasteiger charge is -2.29. The summed E-state index contributed by atoms with van der Waals surface area (Å²) in [6.07, 6.45) is -3.00. The summed E-state index contributed by atoms with van der Waals surface area (Å²) in [6.45, 7) is 6.79. The molecule has 0 spiro atoms. The number of carboxylic acids is 1. The number of benzene rings is 1. The number of hydrogen-bond donors (Lipinski definition) is 2. The summed E-state index contributed by atoms with van der Waals surface area (Å²) >= 11 is 0. The fourth-order valence-corrected chi connectivity index (χ4v) is 5.53. The number of amides is 2. The summed E-state index contributed by atoms with van der Waals surface area (Å²) in [7, 11) is -3.78. The smallest absolute Gasteiger partial charge is 0.490 e. The molecule has 0 aromatic heterocycles. The van der Waals surface area contributed by atoms with Gasteiger partial charge in [0.25, 0.3) is 0 Å². The van der Waals surface area contributed by atoms with E-state index in [9.17, 15) is 31.2 Å². The molecule has 1 aromatic carbocycles. The Morgan fingerprint density at radius 3 is 2.23 bits per heavy atom. The topological polar surface area (TPSA) is 137 Å². The number of halogens is 3. The van der Waals surface area contributed by atoms with Crippen LogP contribution < -0.4 is 10.1 Å². The minimum Gasteiger partial charge on any atom is -0.494 e. The molecule has 0 aliphatic carbocycles. The van der Waals surface area contributed by atoms with E-state index in [0.717, 1.165) is 26.1 Å². The summed E-state index contributed by atoms with van der Waals surface area (Å²) in [5.41, 5.74) is 0. The van der Waals surface area contributed by atoms with Crippen LogP contribution in [0.25, 0.3) is 0 Å². The van der Waals surface area contributed by atoms with Crippen molar-refractivity contribution >= 4 is 27.8 Å². The number of rotatable bonds is 11. The highest BCUT2D eigenvalue weighted by atomic mass is 32.2. The Hall–Kier alpha value is -2.91. The molecular formula is C24H35F3N4O7S. The molecule has 2 amide bonds. The van der Waals surface area contributed by atoms with E-state index < -0.39 is 22.2 Å². The monoisotopic (exact) mass is 580 g/mol. The molecule has 39 heavy (non-hydrogen) atoms. The van der Waals surface area contributed by atoms with Gasteiger partial charge in [-0.15, -0.1) is 0 Å². The summed E-state index contributed by atoms with van der Waals surface area (Å²) in [4.78, 5) is 37.1. The van der Waals surface area contributed by atoms with Crippen LogP contribution in [0.15, 0.2) is 29.2 Å². The number of alkyl halides is 3. The number of piperazine rings is 1. The van der Waals surface area contributed by atoms with E-state index in [-0.39, 0.29) is 36.2 Å². The van der Waals surface area contributed by atoms with Gasteiger partial charge in [-0.25, -0.2) is 13.2 Å². The summed E-state index contributed by atoms with van der Waals surface area (Å²) in [5.74, 6) is -2.06. The largest absolute Gasteiger partial charge is 0.494 e. The van der Waals surface area contributed by atoms with Crippen LogP contribution in [0.4, 0.5) is 13.2 Å². The molecule has 1 aromatic rings. The number of nitrogens with one attached hydrogen (secondary N) is 1. The van der Waals surface area contributed by atoms with Crippen LogP contribution in [-0.4, -0.2) is 111 Å². The van der Waals surface area contributed by atoms with Crippen molar-refractivity contribution in [3.63, 3.8) is 0 Å². The third kappa shape index (κ3) is 10.3. The van der Waals surface area contributed by atoms with Crippen LogP contribution in [-0.2, 0) is 24.4 Å². The minimum atomic E-state index is -5.08. The third-order valence-electron chi connectivity index (χ3n) is 6.07. The van der Waals surface area contributed by atoms with E-state index in [1.165, 1.54) is 16.4 Å². The molecule has 2 heterocycles. The van der Waals surface area contributed by atoms with Gasteiger partial charge in [0.1, 0.15) is 5.75 Å². The fraction of sp³-hybridized carbons (Fsp3) is 0.625. The van der Waals surface area contributed by atoms with Gasteiger partial charge in [0.15, 0.2) is 0 Å². The van der Waals surface area contributed by atoms with Crippen LogP contribution in [0.2, 0.25) is 0 Å². The maximum absolute atomic E-state index is 13.4. The van der Waals surface area contributed by atoms with E-state index in [4.69, 9.17) is 14.6 Å². The summed E-state index contributed by atoms with van der Waals surface area (Å²) in [5, 5.41) is 10.3. The lowest BCUT2D eigenvalue weighted by Crippen LogP contribution is -2.47. The van der Waals surface area contributed by atoms with Crippen molar-refractivity contribution in [1.29, 1.82) is 0 Å². The predicted molar refractivity (Wildman–Crippen MR) is 135 cm³/mol. The van der Waals surface area contributed by atoms with Gasteiger partial charge >= 0.3 is 12.1 Å². The quantitative estimate of drug-likeness (QED) is 0.402. The maximum Gasteiger partial charge on any atom is 0.490 e. The Morgan fingerprint density at radius 1 is 1.10 bits per heavy atom. The predicted octanol–water partition coefficient (Wildman–Crippen LogP) is 1.54. The van der Waals surface area contributed by atoms with Crippen molar-refractivity contribution in [2.24, 2.45) is 0 Å². The Bertz CT molecular complexity index is 1060. The van der Waals surface area contributed by atoms with Gasteiger partial charge in [-0.05, 0) is 44.0 Å². The number of nitrogens with zero attached hydrogens (tertiary/aromatic N) is 3. The minimum absolute atomic E-state index is 0.0342. The van der Waals surface area contributed by atoms with E-state index in [0.29, 0.717) is 44.8 Å². The summed E-state index contributed by atoms with van der Waals surface area (Å²) in [6, 6.07) is 6.36. The average Bonchev–Trinajstić information content (AvgIpc) is 3.31. The van der Waals surface area contributed by atoms with Crippen molar-refractivity contribution in [1.82, 2.24) is 19.4 Å². The molecule has 2 aliphatic rings. The van der Waals surface area contributed by atoms with Crippen LogP contribution in [0.1, 0.15) is 32.6 Å². The molecule has 0 radical (unpaired) electrons. The van der Waals surface area contributed by atoms with Crippen molar-refractivity contribution in [2.45, 2.75) is 43.7 Å². The van der Waals surface area contributed by atoms with E-state index in [1.807, 2.05) is 6.92 Å². The van der Waals surface area contributed by atoms with Crippen molar-refractivity contribution in [3.8, 4) is 5.75 Å². The fourth-order valence-electron chi connectivity index (χ4n) is 4.05. The highest BCUT2D eigenvalue weighted by Gasteiger charge is 2.38. The van der Waals surface area contributed by atoms with Crippen LogP contribution in [0, 0.1) is 0 Å². The van der Waals surface area contributed by atoms with Crippen molar-refractivity contribution < 1.29 is 45.8 Å². The standard InChI is InChI=1S/C22H34N4O5S.C2HF3O2/c1-2-31-19-6-8-20(9-7-19)32(29,30)26(15-4-14-24-13-3-5-21(24)27)16-10-22(28)25-17-11-23-12-18-25;3-2(4,5)1(6)7/h6-9,23H,2-5,10-18H2,1H3;(H,6,7). The first-order valence-corrected chi connectivity index (χ1v) is 14.1. The first-order valence-electron chi connectivity index (χ1n) is 12.7. The molecule has 0 atom stereocenters. The highest BCUT2D eigenvalue weighted by Crippen LogP contribution is 2.21. The molecule has 2 N–H and O–H groups in total. The number of carboxylic acid groups (broad SMARTS) is 1. The number of hydrogen-bond acceptors (Lipinski definition) is 7. The molecule has 0 bridgehead atoms. The molecule has 15 heteroatoms. The molecule has 3 rings (SSSR count). The molecule has 2 aliphatic heterocycles. The van der Waals surface area contributed by atoms with Gasteiger partial charge in [-0.1, -0.05) is 0 Å². The Labute approximate surface area is 225 Å². The summed E-state index contributed by atoms with van der Waals surface area (Å²) < 4.78 is 65.2. The van der Waals surface area contributed by atoms with E-state index in [1.54, 1.807) is 21.9 Å². The molecule has 0 unspecified atom stereocenters. The molecular weight excluding hydrogens is 545 g/mol. The van der Waals surface area contributed by atoms with Crippen molar-refractivity contribution in [3.05, 3.63) is 24.3 Å². The van der Waals surface area contributed by atoms with Crippen LogP contribution in [0.3, 0.4) is 0 Å². The number of carbonyl (C=O) groups is 3. The highest BCUT2D eigenvalue weighted by molar-refractivity contribution is 7.89. The molecule has 220 valence electrons. The second-order valence-electron chi connectivity index (χ2n) is 8.83. The van der Waals surface area contributed by atoms with Crippen LogP contribution in [0.5, 0.6) is 5.75 Å². The zero-order chi connectivity index (χ0) is 29.1. The van der Waals surface area contributed by atoms with Gasteiger partial charge in [0, 0.05) is 65.2 Å². The Balaban J connectivity index is 0.000000673. The second kappa shape index (κ2) is 15.0. The Kier molecular flexibility index (Phi) is 12.4. The van der Waals surface area contributed by atoms with E-state index >= 15 is 0 Å². The normalized spacial score (nSPS) is 16.2.